The smallest absolute Gasteiger partial charge is 0.241 e. The minimum atomic E-state index is -0.468. The molecule has 1 aliphatic rings. The Kier molecular flexibility index (Phi) is 4.94. The molecule has 1 amide bonds. The van der Waals surface area contributed by atoms with Gasteiger partial charge in [0.05, 0.1) is 17.2 Å². The largest absolute Gasteiger partial charge is 0.392 e. The van der Waals surface area contributed by atoms with Crippen LogP contribution in [-0.4, -0.2) is 39.9 Å². The van der Waals surface area contributed by atoms with Crippen LogP contribution in [0, 0.1) is 0 Å². The second-order valence-electron chi connectivity index (χ2n) is 4.79. The van der Waals surface area contributed by atoms with E-state index < -0.39 is 6.10 Å². The normalized spacial score (nSPS) is 21.0. The van der Waals surface area contributed by atoms with Gasteiger partial charge in [-0.2, -0.15) is 0 Å². The van der Waals surface area contributed by atoms with E-state index in [1.54, 1.807) is 17.6 Å². The monoisotopic (exact) mass is 356 g/mol. The summed E-state index contributed by atoms with van der Waals surface area (Å²) in [4.78, 5) is 12.9. The summed E-state index contributed by atoms with van der Waals surface area (Å²) in [6.07, 6.45) is -0.0464. The lowest BCUT2D eigenvalue weighted by Gasteiger charge is -2.12. The van der Waals surface area contributed by atoms with Gasteiger partial charge in [0, 0.05) is 17.1 Å². The first kappa shape index (κ1) is 15.7. The van der Waals surface area contributed by atoms with Crippen molar-refractivity contribution in [2.24, 2.45) is 0 Å². The van der Waals surface area contributed by atoms with Crippen LogP contribution >= 0.6 is 34.7 Å². The molecule has 0 saturated carbocycles. The van der Waals surface area contributed by atoms with E-state index in [0.717, 1.165) is 9.24 Å². The van der Waals surface area contributed by atoms with Crippen LogP contribution in [-0.2, 0) is 4.79 Å². The highest BCUT2D eigenvalue weighted by Crippen LogP contribution is 2.35. The average Bonchev–Trinajstić information content (AvgIpc) is 3.13. The van der Waals surface area contributed by atoms with E-state index in [-0.39, 0.29) is 11.9 Å². The maximum Gasteiger partial charge on any atom is 0.241 e. The Morgan fingerprint density at radius 1 is 1.55 bits per heavy atom. The van der Waals surface area contributed by atoms with E-state index in [9.17, 15) is 9.90 Å². The number of nitrogens with one attached hydrogen (secondary N) is 2. The molecule has 1 aromatic carbocycles. The van der Waals surface area contributed by atoms with Crippen molar-refractivity contribution in [3.05, 3.63) is 28.7 Å². The molecular weight excluding hydrogens is 344 g/mol. The lowest BCUT2D eigenvalue weighted by atomic mass is 10.2. The summed E-state index contributed by atoms with van der Waals surface area (Å²) in [5.41, 5.74) is 2.29. The fourth-order valence-corrected chi connectivity index (χ4v) is 3.84. The topological polar surface area (TPSA) is 87.1 Å². The maximum absolute atomic E-state index is 12.1. The predicted octanol–water partition coefficient (Wildman–Crippen LogP) is 2.00. The van der Waals surface area contributed by atoms with Gasteiger partial charge in [0.1, 0.15) is 5.51 Å². The molecule has 0 spiro atoms. The molecule has 0 radical (unpaired) electrons. The zero-order chi connectivity index (χ0) is 15.5. The van der Waals surface area contributed by atoms with Crippen LogP contribution < -0.4 is 10.6 Å². The highest BCUT2D eigenvalue weighted by atomic mass is 35.5. The number of carbonyl (C=O) groups is 1. The van der Waals surface area contributed by atoms with Gasteiger partial charge in [-0.05, 0) is 24.6 Å². The summed E-state index contributed by atoms with van der Waals surface area (Å²) < 4.78 is 0.808. The molecule has 3 rings (SSSR count). The third kappa shape index (κ3) is 3.76. The molecule has 0 bridgehead atoms. The highest BCUT2D eigenvalue weighted by molar-refractivity contribution is 8.01. The SMILES string of the molecule is O=C(Nc1ccc(Sc2nncs2)c(Cl)c1)C1CC(O)CN1. The first-order chi connectivity index (χ1) is 10.6. The molecule has 9 heteroatoms. The van der Waals surface area contributed by atoms with Gasteiger partial charge < -0.3 is 15.7 Å². The number of aliphatic hydroxyl groups is 1. The Balaban J connectivity index is 1.65. The van der Waals surface area contributed by atoms with Crippen LogP contribution in [0.25, 0.3) is 0 Å². The number of amides is 1. The van der Waals surface area contributed by atoms with Crippen molar-refractivity contribution in [3.63, 3.8) is 0 Å². The molecule has 3 N–H and O–H groups in total. The summed E-state index contributed by atoms with van der Waals surface area (Å²) in [6, 6.07) is 4.96. The predicted molar refractivity (Wildman–Crippen MR) is 86.5 cm³/mol. The molecular formula is C13H13ClN4O2S2. The summed E-state index contributed by atoms with van der Waals surface area (Å²) in [6.45, 7) is 0.441. The van der Waals surface area contributed by atoms with E-state index in [1.807, 2.05) is 6.07 Å². The fraction of sp³-hybridized carbons (Fsp3) is 0.308. The Morgan fingerprint density at radius 3 is 3.05 bits per heavy atom. The molecule has 2 atom stereocenters. The van der Waals surface area contributed by atoms with Crippen LogP contribution in [0.15, 0.2) is 32.9 Å². The molecule has 1 saturated heterocycles. The number of aliphatic hydroxyl groups excluding tert-OH is 1. The molecule has 22 heavy (non-hydrogen) atoms. The number of hydrogen-bond donors (Lipinski definition) is 3. The number of benzene rings is 1. The van der Waals surface area contributed by atoms with Crippen LogP contribution in [0.2, 0.25) is 5.02 Å². The summed E-state index contributed by atoms with van der Waals surface area (Å²) >= 11 is 9.11. The average molecular weight is 357 g/mol. The minimum absolute atomic E-state index is 0.169. The van der Waals surface area contributed by atoms with Crippen molar-refractivity contribution in [1.29, 1.82) is 0 Å². The molecule has 116 valence electrons. The van der Waals surface area contributed by atoms with Crippen molar-refractivity contribution in [1.82, 2.24) is 15.5 Å². The van der Waals surface area contributed by atoms with Gasteiger partial charge in [-0.15, -0.1) is 10.2 Å². The van der Waals surface area contributed by atoms with Crippen molar-refractivity contribution < 1.29 is 9.90 Å². The van der Waals surface area contributed by atoms with Gasteiger partial charge in [-0.1, -0.05) is 34.7 Å². The minimum Gasteiger partial charge on any atom is -0.392 e. The first-order valence-electron chi connectivity index (χ1n) is 6.57. The number of anilines is 1. The van der Waals surface area contributed by atoms with Crippen LogP contribution in [0.3, 0.4) is 0 Å². The number of aromatic nitrogens is 2. The Labute approximate surface area is 140 Å². The lowest BCUT2D eigenvalue weighted by Crippen LogP contribution is -2.35. The highest BCUT2D eigenvalue weighted by Gasteiger charge is 2.28. The molecule has 0 aliphatic carbocycles. The molecule has 6 nitrogen and oxygen atoms in total. The van der Waals surface area contributed by atoms with Crippen LogP contribution in [0.4, 0.5) is 5.69 Å². The quantitative estimate of drug-likeness (QED) is 0.776. The number of hydrogen-bond acceptors (Lipinski definition) is 7. The van der Waals surface area contributed by atoms with Gasteiger partial charge in [0.2, 0.25) is 5.91 Å². The Morgan fingerprint density at radius 2 is 2.41 bits per heavy atom. The van der Waals surface area contributed by atoms with E-state index in [0.29, 0.717) is 23.7 Å². The van der Waals surface area contributed by atoms with Gasteiger partial charge in [-0.3, -0.25) is 4.79 Å². The third-order valence-corrected chi connectivity index (χ3v) is 5.44. The zero-order valence-electron chi connectivity index (χ0n) is 11.3. The van der Waals surface area contributed by atoms with Crippen LogP contribution in [0.1, 0.15) is 6.42 Å². The summed E-state index contributed by atoms with van der Waals surface area (Å²) in [5.74, 6) is -0.169. The van der Waals surface area contributed by atoms with Gasteiger partial charge in [-0.25, -0.2) is 0 Å². The van der Waals surface area contributed by atoms with Crippen molar-refractivity contribution in [2.75, 3.05) is 11.9 Å². The lowest BCUT2D eigenvalue weighted by molar-refractivity contribution is -0.117. The van der Waals surface area contributed by atoms with E-state index in [2.05, 4.69) is 20.8 Å². The van der Waals surface area contributed by atoms with Gasteiger partial charge in [0.25, 0.3) is 0 Å². The number of rotatable bonds is 4. The molecule has 1 aromatic heterocycles. The Bertz CT molecular complexity index is 668. The molecule has 1 fully saturated rings. The number of β-amino-alcohol motifs (C(OH)–C–C–N with tert-alkyl or cyclic N) is 1. The fourth-order valence-electron chi connectivity index (χ4n) is 2.11. The summed E-state index contributed by atoms with van der Waals surface area (Å²) in [5, 5.41) is 23.5. The second kappa shape index (κ2) is 6.93. The molecule has 2 unspecified atom stereocenters. The molecule has 1 aliphatic heterocycles. The number of carbonyl (C=O) groups excluding carboxylic acids is 1. The zero-order valence-corrected chi connectivity index (χ0v) is 13.7. The van der Waals surface area contributed by atoms with Gasteiger partial charge >= 0.3 is 0 Å². The second-order valence-corrected chi connectivity index (χ2v) is 7.32. The van der Waals surface area contributed by atoms with E-state index in [4.69, 9.17) is 11.6 Å². The van der Waals surface area contributed by atoms with Gasteiger partial charge in [0.15, 0.2) is 4.34 Å². The van der Waals surface area contributed by atoms with E-state index in [1.165, 1.54) is 23.1 Å². The first-order valence-corrected chi connectivity index (χ1v) is 8.65. The molecule has 2 aromatic rings. The molecule has 2 heterocycles. The van der Waals surface area contributed by atoms with Crippen molar-refractivity contribution in [3.8, 4) is 0 Å². The number of nitrogens with zero attached hydrogens (tertiary/aromatic N) is 2. The Hall–Kier alpha value is -1.19. The standard InChI is InChI=1S/C13H13ClN4O2S2/c14-9-3-7(17-12(20)10-4-8(19)5-15-10)1-2-11(9)22-13-18-16-6-21-13/h1-3,6,8,10,15,19H,4-5H2,(H,17,20). The number of halogens is 1. The van der Waals surface area contributed by atoms with Crippen LogP contribution in [0.5, 0.6) is 0 Å². The summed E-state index contributed by atoms with van der Waals surface area (Å²) in [7, 11) is 0. The van der Waals surface area contributed by atoms with Crippen molar-refractivity contribution in [2.45, 2.75) is 27.8 Å². The third-order valence-electron chi connectivity index (χ3n) is 3.16. The van der Waals surface area contributed by atoms with E-state index >= 15 is 0 Å². The van der Waals surface area contributed by atoms with Crippen molar-refractivity contribution >= 4 is 46.3 Å². The maximum atomic E-state index is 12.1.